The van der Waals surface area contributed by atoms with E-state index in [1.807, 2.05) is 6.07 Å². The molecule has 0 spiro atoms. The molecule has 70 valence electrons. The molecule has 13 heavy (non-hydrogen) atoms. The fraction of sp³-hybridized carbons (Fsp3) is 0.556. The molecule has 4 nitrogen and oxygen atoms in total. The molecule has 1 heterocycles. The lowest BCUT2D eigenvalue weighted by molar-refractivity contribution is 0.397. The number of rotatable bonds is 4. The van der Waals surface area contributed by atoms with Crippen molar-refractivity contribution in [3.63, 3.8) is 0 Å². The van der Waals surface area contributed by atoms with Gasteiger partial charge in [0.25, 0.3) is 0 Å². The van der Waals surface area contributed by atoms with Gasteiger partial charge in [-0.2, -0.15) is 0 Å². The number of anilines is 1. The first-order valence-electron chi connectivity index (χ1n) is 4.48. The van der Waals surface area contributed by atoms with Gasteiger partial charge in [-0.3, -0.25) is 0 Å². The van der Waals surface area contributed by atoms with E-state index in [0.29, 0.717) is 5.88 Å². The Balaban J connectivity index is 1.93. The fourth-order valence-electron chi connectivity index (χ4n) is 1.12. The van der Waals surface area contributed by atoms with Gasteiger partial charge < -0.3 is 10.1 Å². The molecule has 0 saturated heterocycles. The number of methoxy groups -OCH3 is 1. The van der Waals surface area contributed by atoms with Crippen LogP contribution in [0.4, 0.5) is 5.82 Å². The van der Waals surface area contributed by atoms with Crippen molar-refractivity contribution in [2.45, 2.75) is 12.8 Å². The van der Waals surface area contributed by atoms with Gasteiger partial charge in [-0.05, 0) is 18.8 Å². The monoisotopic (exact) mass is 179 g/mol. The largest absolute Gasteiger partial charge is 0.481 e. The van der Waals surface area contributed by atoms with Crippen LogP contribution in [-0.4, -0.2) is 23.6 Å². The van der Waals surface area contributed by atoms with Crippen LogP contribution < -0.4 is 10.1 Å². The van der Waals surface area contributed by atoms with E-state index >= 15 is 0 Å². The highest BCUT2D eigenvalue weighted by molar-refractivity contribution is 5.37. The van der Waals surface area contributed by atoms with Crippen LogP contribution >= 0.6 is 0 Å². The second kappa shape index (κ2) is 3.60. The van der Waals surface area contributed by atoms with Crippen LogP contribution in [0.3, 0.4) is 0 Å². The lowest BCUT2D eigenvalue weighted by Crippen LogP contribution is -2.05. The Labute approximate surface area is 77.4 Å². The van der Waals surface area contributed by atoms with Crippen molar-refractivity contribution in [3.05, 3.63) is 12.4 Å². The highest BCUT2D eigenvalue weighted by Crippen LogP contribution is 2.28. The molecule has 0 aliphatic heterocycles. The maximum absolute atomic E-state index is 4.99. The summed E-state index contributed by atoms with van der Waals surface area (Å²) < 4.78 is 4.99. The van der Waals surface area contributed by atoms with Crippen LogP contribution in [0.1, 0.15) is 12.8 Å². The minimum atomic E-state index is 0.605. The van der Waals surface area contributed by atoms with Crippen LogP contribution in [-0.2, 0) is 0 Å². The Morgan fingerprint density at radius 1 is 1.54 bits per heavy atom. The first kappa shape index (κ1) is 8.29. The molecule has 1 fully saturated rings. The van der Waals surface area contributed by atoms with E-state index in [9.17, 15) is 0 Å². The van der Waals surface area contributed by atoms with Gasteiger partial charge in [-0.15, -0.1) is 0 Å². The molecule has 1 aliphatic carbocycles. The highest BCUT2D eigenvalue weighted by Gasteiger charge is 2.20. The van der Waals surface area contributed by atoms with Gasteiger partial charge in [0.15, 0.2) is 0 Å². The van der Waals surface area contributed by atoms with E-state index < -0.39 is 0 Å². The van der Waals surface area contributed by atoms with Gasteiger partial charge in [0, 0.05) is 12.6 Å². The molecular formula is C9H13N3O. The van der Waals surface area contributed by atoms with Gasteiger partial charge in [-0.25, -0.2) is 9.97 Å². The third kappa shape index (κ3) is 2.31. The van der Waals surface area contributed by atoms with Crippen molar-refractivity contribution in [2.24, 2.45) is 5.92 Å². The summed E-state index contributed by atoms with van der Waals surface area (Å²) in [4.78, 5) is 8.01. The SMILES string of the molecule is COc1cc(NCC2CC2)ncn1. The standard InChI is InChI=1S/C9H13N3O/c1-13-9-4-8(11-6-12-9)10-5-7-2-3-7/h4,6-7H,2-3,5H2,1H3,(H,10,11,12). The van der Waals surface area contributed by atoms with E-state index in [-0.39, 0.29) is 0 Å². The zero-order chi connectivity index (χ0) is 9.10. The van der Waals surface area contributed by atoms with Crippen molar-refractivity contribution in [2.75, 3.05) is 19.0 Å². The minimum Gasteiger partial charge on any atom is -0.481 e. The van der Waals surface area contributed by atoms with Crippen molar-refractivity contribution in [1.29, 1.82) is 0 Å². The lowest BCUT2D eigenvalue weighted by atomic mass is 10.4. The van der Waals surface area contributed by atoms with Gasteiger partial charge >= 0.3 is 0 Å². The Bertz CT molecular complexity index is 286. The van der Waals surface area contributed by atoms with E-state index in [0.717, 1.165) is 18.3 Å². The molecule has 1 saturated carbocycles. The zero-order valence-corrected chi connectivity index (χ0v) is 7.66. The summed E-state index contributed by atoms with van der Waals surface area (Å²) in [5, 5.41) is 3.25. The molecular weight excluding hydrogens is 166 g/mol. The summed E-state index contributed by atoms with van der Waals surface area (Å²) in [6.45, 7) is 1.01. The van der Waals surface area contributed by atoms with E-state index in [2.05, 4.69) is 15.3 Å². The van der Waals surface area contributed by atoms with Gasteiger partial charge in [0.2, 0.25) is 5.88 Å². The molecule has 0 unspecified atom stereocenters. The molecule has 1 aromatic heterocycles. The maximum Gasteiger partial charge on any atom is 0.218 e. The maximum atomic E-state index is 4.99. The number of aromatic nitrogens is 2. The molecule has 0 amide bonds. The van der Waals surface area contributed by atoms with E-state index in [4.69, 9.17) is 4.74 Å². The molecule has 1 aromatic rings. The quantitative estimate of drug-likeness (QED) is 0.757. The third-order valence-electron chi connectivity index (χ3n) is 2.12. The first-order chi connectivity index (χ1) is 6.38. The highest BCUT2D eigenvalue weighted by atomic mass is 16.5. The molecule has 0 aromatic carbocycles. The second-order valence-corrected chi connectivity index (χ2v) is 3.27. The normalized spacial score (nSPS) is 15.5. The smallest absolute Gasteiger partial charge is 0.218 e. The Morgan fingerprint density at radius 2 is 2.38 bits per heavy atom. The fourth-order valence-corrected chi connectivity index (χ4v) is 1.12. The number of hydrogen-bond donors (Lipinski definition) is 1. The van der Waals surface area contributed by atoms with Crippen molar-refractivity contribution in [1.82, 2.24) is 9.97 Å². The van der Waals surface area contributed by atoms with Gasteiger partial charge in [0.1, 0.15) is 12.1 Å². The Kier molecular flexibility index (Phi) is 2.29. The van der Waals surface area contributed by atoms with Crippen molar-refractivity contribution >= 4 is 5.82 Å². The molecule has 2 rings (SSSR count). The summed E-state index contributed by atoms with van der Waals surface area (Å²) in [7, 11) is 1.60. The number of nitrogens with zero attached hydrogens (tertiary/aromatic N) is 2. The minimum absolute atomic E-state index is 0.605. The molecule has 0 radical (unpaired) electrons. The van der Waals surface area contributed by atoms with Crippen LogP contribution in [0, 0.1) is 5.92 Å². The van der Waals surface area contributed by atoms with Crippen molar-refractivity contribution < 1.29 is 4.74 Å². The summed E-state index contributed by atoms with van der Waals surface area (Å²) in [5.41, 5.74) is 0. The molecule has 1 N–H and O–H groups in total. The summed E-state index contributed by atoms with van der Waals surface area (Å²) in [6.07, 6.45) is 4.19. The first-order valence-corrected chi connectivity index (χ1v) is 4.48. The summed E-state index contributed by atoms with van der Waals surface area (Å²) >= 11 is 0. The Hall–Kier alpha value is -1.32. The van der Waals surface area contributed by atoms with Crippen LogP contribution in [0.15, 0.2) is 12.4 Å². The van der Waals surface area contributed by atoms with Gasteiger partial charge in [0.05, 0.1) is 7.11 Å². The van der Waals surface area contributed by atoms with Crippen LogP contribution in [0.25, 0.3) is 0 Å². The molecule has 0 bridgehead atoms. The second-order valence-electron chi connectivity index (χ2n) is 3.27. The Morgan fingerprint density at radius 3 is 3.08 bits per heavy atom. The summed E-state index contributed by atoms with van der Waals surface area (Å²) in [5.74, 6) is 2.30. The number of nitrogens with one attached hydrogen (secondary N) is 1. The topological polar surface area (TPSA) is 47.0 Å². The van der Waals surface area contributed by atoms with Crippen LogP contribution in [0.2, 0.25) is 0 Å². The average molecular weight is 179 g/mol. The molecule has 4 heteroatoms. The van der Waals surface area contributed by atoms with Crippen molar-refractivity contribution in [3.8, 4) is 5.88 Å². The van der Waals surface area contributed by atoms with Crippen LogP contribution in [0.5, 0.6) is 5.88 Å². The van der Waals surface area contributed by atoms with E-state index in [1.165, 1.54) is 19.2 Å². The predicted molar refractivity (Wildman–Crippen MR) is 49.8 cm³/mol. The zero-order valence-electron chi connectivity index (χ0n) is 7.66. The molecule has 1 aliphatic rings. The van der Waals surface area contributed by atoms with Gasteiger partial charge in [-0.1, -0.05) is 0 Å². The number of ether oxygens (including phenoxy) is 1. The third-order valence-corrected chi connectivity index (χ3v) is 2.12. The lowest BCUT2D eigenvalue weighted by Gasteiger charge is -2.04. The number of hydrogen-bond acceptors (Lipinski definition) is 4. The average Bonchev–Trinajstić information content (AvgIpc) is 2.99. The molecule has 0 atom stereocenters. The predicted octanol–water partition coefficient (Wildman–Crippen LogP) is 1.31. The summed E-state index contributed by atoms with van der Waals surface area (Å²) in [6, 6.07) is 1.81. The van der Waals surface area contributed by atoms with E-state index in [1.54, 1.807) is 7.11 Å².